The number of aryl methyl sites for hydroxylation is 3. The maximum atomic E-state index is 12.6. The molecule has 9 heteroatoms. The molecule has 31 heavy (non-hydrogen) atoms. The van der Waals surface area contributed by atoms with Gasteiger partial charge in [-0.05, 0) is 68.8 Å². The predicted molar refractivity (Wildman–Crippen MR) is 119 cm³/mol. The molecule has 2 N–H and O–H groups in total. The summed E-state index contributed by atoms with van der Waals surface area (Å²) in [7, 11) is -3.85. The van der Waals surface area contributed by atoms with Crippen LogP contribution in [0.15, 0.2) is 59.5 Å². The number of nitrogens with one attached hydrogen (secondary N) is 2. The molecule has 3 aromatic rings. The van der Waals surface area contributed by atoms with Crippen LogP contribution in [0.1, 0.15) is 23.4 Å². The normalized spacial score (nSPS) is 11.1. The second-order valence-electron chi connectivity index (χ2n) is 7.07. The van der Waals surface area contributed by atoms with E-state index in [1.54, 1.807) is 19.9 Å². The van der Waals surface area contributed by atoms with E-state index in [9.17, 15) is 13.2 Å². The van der Waals surface area contributed by atoms with Gasteiger partial charge in [0.15, 0.2) is 0 Å². The zero-order chi connectivity index (χ0) is 22.4. The Labute approximate surface area is 181 Å². The molecule has 0 saturated heterocycles. The molecule has 0 spiro atoms. The number of carbonyl (C=O) groups excluding carboxylic acids is 1. The number of nitrogens with zero attached hydrogens (tertiary/aromatic N) is 2. The molecule has 1 heterocycles. The Kier molecular flexibility index (Phi) is 6.86. The summed E-state index contributed by atoms with van der Waals surface area (Å²) >= 11 is 0. The molecule has 162 valence electrons. The smallest absolute Gasteiger partial charge is 0.264 e. The number of sulfonamides is 1. The number of aromatic nitrogens is 2. The third-order valence-corrected chi connectivity index (χ3v) is 5.59. The van der Waals surface area contributed by atoms with E-state index in [4.69, 9.17) is 4.74 Å². The fourth-order valence-corrected chi connectivity index (χ4v) is 3.80. The monoisotopic (exact) mass is 440 g/mol. The highest BCUT2D eigenvalue weighted by Gasteiger charge is 2.16. The molecule has 0 aliphatic rings. The second kappa shape index (κ2) is 9.57. The van der Waals surface area contributed by atoms with Crippen molar-refractivity contribution in [1.82, 2.24) is 9.97 Å². The van der Waals surface area contributed by atoms with Gasteiger partial charge in [0.05, 0.1) is 17.9 Å². The Morgan fingerprint density at radius 2 is 1.65 bits per heavy atom. The number of benzene rings is 2. The van der Waals surface area contributed by atoms with E-state index in [0.29, 0.717) is 22.8 Å². The zero-order valence-corrected chi connectivity index (χ0v) is 18.4. The van der Waals surface area contributed by atoms with Gasteiger partial charge in [-0.15, -0.1) is 0 Å². The summed E-state index contributed by atoms with van der Waals surface area (Å²) < 4.78 is 33.1. The van der Waals surface area contributed by atoms with Crippen molar-refractivity contribution < 1.29 is 17.9 Å². The van der Waals surface area contributed by atoms with Gasteiger partial charge in [-0.3, -0.25) is 4.79 Å². The molecule has 0 aliphatic carbocycles. The lowest BCUT2D eigenvalue weighted by Gasteiger charge is -2.10. The number of amides is 1. The first-order valence-electron chi connectivity index (χ1n) is 9.66. The molecule has 8 nitrogen and oxygen atoms in total. The van der Waals surface area contributed by atoms with E-state index in [1.165, 1.54) is 24.3 Å². The Morgan fingerprint density at radius 1 is 0.968 bits per heavy atom. The fourth-order valence-electron chi connectivity index (χ4n) is 2.86. The van der Waals surface area contributed by atoms with Gasteiger partial charge in [0, 0.05) is 17.1 Å². The minimum atomic E-state index is -3.85. The van der Waals surface area contributed by atoms with E-state index in [1.807, 2.05) is 31.2 Å². The second-order valence-corrected chi connectivity index (χ2v) is 8.75. The molecule has 0 fully saturated rings. The summed E-state index contributed by atoms with van der Waals surface area (Å²) in [6.45, 7) is 5.72. The lowest BCUT2D eigenvalue weighted by molar-refractivity contribution is -0.116. The van der Waals surface area contributed by atoms with E-state index < -0.39 is 10.0 Å². The highest BCUT2D eigenvalue weighted by molar-refractivity contribution is 7.92. The molecular formula is C22H24N4O4S. The Balaban J connectivity index is 1.55. The third-order valence-electron chi connectivity index (χ3n) is 4.24. The van der Waals surface area contributed by atoms with Crippen molar-refractivity contribution in [3.63, 3.8) is 0 Å². The van der Waals surface area contributed by atoms with Gasteiger partial charge in [-0.25, -0.2) is 23.1 Å². The van der Waals surface area contributed by atoms with Gasteiger partial charge >= 0.3 is 0 Å². The van der Waals surface area contributed by atoms with Crippen LogP contribution in [0.3, 0.4) is 0 Å². The molecule has 2 aromatic carbocycles. The quantitative estimate of drug-likeness (QED) is 0.554. The van der Waals surface area contributed by atoms with Crippen molar-refractivity contribution >= 4 is 27.6 Å². The van der Waals surface area contributed by atoms with Crippen LogP contribution in [0.25, 0.3) is 0 Å². The van der Waals surface area contributed by atoms with E-state index in [2.05, 4.69) is 20.0 Å². The molecule has 1 amide bonds. The van der Waals surface area contributed by atoms with Crippen LogP contribution in [0.2, 0.25) is 0 Å². The van der Waals surface area contributed by atoms with Crippen molar-refractivity contribution in [3.05, 3.63) is 71.5 Å². The van der Waals surface area contributed by atoms with Crippen molar-refractivity contribution in [2.45, 2.75) is 32.1 Å². The number of hydrogen-bond acceptors (Lipinski definition) is 6. The van der Waals surface area contributed by atoms with E-state index in [0.717, 1.165) is 5.56 Å². The summed E-state index contributed by atoms with van der Waals surface area (Å²) in [4.78, 5) is 20.3. The zero-order valence-electron chi connectivity index (χ0n) is 17.5. The maximum absolute atomic E-state index is 12.6. The van der Waals surface area contributed by atoms with Crippen LogP contribution in [0.5, 0.6) is 5.75 Å². The fraction of sp³-hybridized carbons (Fsp3) is 0.227. The van der Waals surface area contributed by atoms with Crippen LogP contribution >= 0.6 is 0 Å². The lowest BCUT2D eigenvalue weighted by Crippen LogP contribution is -2.17. The standard InChI is InChI=1S/C22H24N4O4S/c1-15-5-4-6-19(13-15)30-12-11-21(27)25-18-7-9-20(10-8-18)31(28,29)26-22-23-16(2)14-17(3)24-22/h4-10,13-14H,11-12H2,1-3H3,(H,25,27)(H,23,24,26). The summed E-state index contributed by atoms with van der Waals surface area (Å²) in [5.41, 5.74) is 2.89. The SMILES string of the molecule is Cc1cccc(OCCC(=O)Nc2ccc(S(=O)(=O)Nc3nc(C)cc(C)n3)cc2)c1. The van der Waals surface area contributed by atoms with Crippen LogP contribution in [-0.4, -0.2) is 30.9 Å². The van der Waals surface area contributed by atoms with Gasteiger partial charge in [0.25, 0.3) is 10.0 Å². The van der Waals surface area contributed by atoms with Gasteiger partial charge in [0.1, 0.15) is 5.75 Å². The summed E-state index contributed by atoms with van der Waals surface area (Å²) in [6.07, 6.45) is 0.166. The minimum Gasteiger partial charge on any atom is -0.493 e. The molecular weight excluding hydrogens is 416 g/mol. The Hall–Kier alpha value is -3.46. The number of carbonyl (C=O) groups is 1. The van der Waals surface area contributed by atoms with Crippen LogP contribution in [0, 0.1) is 20.8 Å². The third kappa shape index (κ3) is 6.51. The minimum absolute atomic E-state index is 0.0171. The van der Waals surface area contributed by atoms with Crippen molar-refractivity contribution in [1.29, 1.82) is 0 Å². The van der Waals surface area contributed by atoms with E-state index >= 15 is 0 Å². The first-order valence-corrected chi connectivity index (χ1v) is 11.1. The van der Waals surface area contributed by atoms with Crippen LogP contribution in [0.4, 0.5) is 11.6 Å². The van der Waals surface area contributed by atoms with Crippen molar-refractivity contribution in [3.8, 4) is 5.75 Å². The summed E-state index contributed by atoms with van der Waals surface area (Å²) in [5.74, 6) is 0.496. The largest absolute Gasteiger partial charge is 0.493 e. The molecule has 0 unspecified atom stereocenters. The first-order chi connectivity index (χ1) is 14.7. The van der Waals surface area contributed by atoms with Gasteiger partial charge in [0.2, 0.25) is 11.9 Å². The molecule has 0 radical (unpaired) electrons. The topological polar surface area (TPSA) is 110 Å². The first kappa shape index (κ1) is 22.2. The van der Waals surface area contributed by atoms with Gasteiger partial charge in [-0.2, -0.15) is 0 Å². The van der Waals surface area contributed by atoms with Gasteiger partial charge in [-0.1, -0.05) is 12.1 Å². The van der Waals surface area contributed by atoms with E-state index in [-0.39, 0.29) is 29.8 Å². The lowest BCUT2D eigenvalue weighted by atomic mass is 10.2. The molecule has 3 rings (SSSR count). The summed E-state index contributed by atoms with van der Waals surface area (Å²) in [5, 5.41) is 2.72. The number of rotatable bonds is 8. The van der Waals surface area contributed by atoms with Crippen LogP contribution in [-0.2, 0) is 14.8 Å². The van der Waals surface area contributed by atoms with Crippen LogP contribution < -0.4 is 14.8 Å². The molecule has 0 saturated carbocycles. The molecule has 1 aromatic heterocycles. The highest BCUT2D eigenvalue weighted by atomic mass is 32.2. The molecule has 0 aliphatic heterocycles. The maximum Gasteiger partial charge on any atom is 0.264 e. The number of hydrogen-bond donors (Lipinski definition) is 2. The molecule has 0 atom stereocenters. The van der Waals surface area contributed by atoms with Crippen molar-refractivity contribution in [2.24, 2.45) is 0 Å². The Morgan fingerprint density at radius 3 is 2.29 bits per heavy atom. The average Bonchev–Trinajstić information content (AvgIpc) is 2.67. The average molecular weight is 441 g/mol. The highest BCUT2D eigenvalue weighted by Crippen LogP contribution is 2.17. The Bertz CT molecular complexity index is 1160. The number of ether oxygens (including phenoxy) is 1. The van der Waals surface area contributed by atoms with Gasteiger partial charge < -0.3 is 10.1 Å². The van der Waals surface area contributed by atoms with Crippen molar-refractivity contribution in [2.75, 3.05) is 16.6 Å². The molecule has 0 bridgehead atoms. The summed E-state index contributed by atoms with van der Waals surface area (Å²) in [6, 6.07) is 15.2. The number of anilines is 2. The predicted octanol–water partition coefficient (Wildman–Crippen LogP) is 3.61.